The number of nitrogens with two attached hydrogens (primary N) is 1. The number of alkyl halides is 3. The first kappa shape index (κ1) is 21.8. The molecule has 168 valence electrons. The van der Waals surface area contributed by atoms with Gasteiger partial charge in [0.2, 0.25) is 0 Å². The van der Waals surface area contributed by atoms with E-state index in [1.165, 1.54) is 17.0 Å². The predicted molar refractivity (Wildman–Crippen MR) is 118 cm³/mol. The summed E-state index contributed by atoms with van der Waals surface area (Å²) in [4.78, 5) is 21.4. The van der Waals surface area contributed by atoms with E-state index < -0.39 is 17.8 Å². The van der Waals surface area contributed by atoms with Crippen LogP contribution in [-0.4, -0.2) is 27.6 Å². The number of aryl methyl sites for hydroxylation is 1. The molecule has 0 aliphatic carbocycles. The van der Waals surface area contributed by atoms with E-state index in [9.17, 15) is 18.0 Å². The van der Waals surface area contributed by atoms with Crippen LogP contribution in [0.5, 0.6) is 0 Å². The van der Waals surface area contributed by atoms with Crippen LogP contribution in [0.15, 0.2) is 41.5 Å². The lowest BCUT2D eigenvalue weighted by Gasteiger charge is -2.20. The number of fused-ring (bicyclic) bond motifs is 1. The molecule has 0 spiro atoms. The molecule has 0 fully saturated rings. The number of aromatic nitrogens is 3. The Balaban J connectivity index is 1.77. The average Bonchev–Trinajstić information content (AvgIpc) is 2.76. The molecule has 1 aliphatic rings. The Hall–Kier alpha value is -3.40. The number of rotatable bonds is 4. The second-order valence-electron chi connectivity index (χ2n) is 7.82. The van der Waals surface area contributed by atoms with Gasteiger partial charge in [0.25, 0.3) is 5.56 Å². The quantitative estimate of drug-likeness (QED) is 0.533. The zero-order valence-corrected chi connectivity index (χ0v) is 17.6. The number of benzene rings is 1. The summed E-state index contributed by atoms with van der Waals surface area (Å²) in [5, 5.41) is 6.99. The monoisotopic (exact) mass is 444 g/mol. The van der Waals surface area contributed by atoms with E-state index in [2.05, 4.69) is 20.6 Å². The highest BCUT2D eigenvalue weighted by Crippen LogP contribution is 2.34. The minimum absolute atomic E-state index is 0.0264. The van der Waals surface area contributed by atoms with Crippen LogP contribution in [-0.2, 0) is 13.2 Å². The molecule has 1 atom stereocenters. The fourth-order valence-electron chi connectivity index (χ4n) is 3.86. The number of anilines is 2. The van der Waals surface area contributed by atoms with Crippen molar-refractivity contribution >= 4 is 28.1 Å². The van der Waals surface area contributed by atoms with Crippen molar-refractivity contribution in [2.75, 3.05) is 24.1 Å². The second-order valence-corrected chi connectivity index (χ2v) is 7.82. The summed E-state index contributed by atoms with van der Waals surface area (Å²) in [6, 6.07) is 4.70. The third-order valence-corrected chi connectivity index (χ3v) is 5.57. The number of nitrogens with zero attached hydrogens (tertiary/aromatic N) is 3. The molecule has 0 saturated carbocycles. The highest BCUT2D eigenvalue weighted by Gasteiger charge is 2.31. The van der Waals surface area contributed by atoms with Gasteiger partial charge in [-0.3, -0.25) is 9.36 Å². The Kier molecular flexibility index (Phi) is 5.64. The molecule has 10 heteroatoms. The van der Waals surface area contributed by atoms with Crippen molar-refractivity contribution in [3.8, 4) is 0 Å². The van der Waals surface area contributed by atoms with E-state index in [0.29, 0.717) is 34.5 Å². The smallest absolute Gasteiger partial charge is 0.399 e. The summed E-state index contributed by atoms with van der Waals surface area (Å²) in [7, 11) is 1.64. The van der Waals surface area contributed by atoms with Gasteiger partial charge in [0.1, 0.15) is 17.8 Å². The number of hydrogen-bond acceptors (Lipinski definition) is 6. The number of nitrogens with one attached hydrogen (secondary N) is 2. The van der Waals surface area contributed by atoms with Gasteiger partial charge < -0.3 is 16.4 Å². The largest absolute Gasteiger partial charge is 0.416 e. The molecule has 7 nitrogen and oxygen atoms in total. The van der Waals surface area contributed by atoms with E-state index >= 15 is 0 Å². The molecule has 0 bridgehead atoms. The lowest BCUT2D eigenvalue weighted by Crippen LogP contribution is -2.26. The molecule has 4 rings (SSSR count). The second kappa shape index (κ2) is 8.27. The van der Waals surface area contributed by atoms with Crippen molar-refractivity contribution < 1.29 is 13.2 Å². The minimum Gasteiger partial charge on any atom is -0.399 e. The first-order valence-corrected chi connectivity index (χ1v) is 10.1. The van der Waals surface area contributed by atoms with Gasteiger partial charge in [-0.25, -0.2) is 9.97 Å². The topological polar surface area (TPSA) is 97.9 Å². The highest BCUT2D eigenvalue weighted by atomic mass is 19.4. The zero-order chi connectivity index (χ0) is 23.0. The lowest BCUT2D eigenvalue weighted by molar-refractivity contribution is -0.137. The standard InChI is InChI=1S/C22H23F3N6O/c1-12(14-7-15(22(23,24)25)9-16(26)8-14)30-19-18-10-17(13-3-5-27-6-4-13)21(32)31(2)20(18)29-11-28-19/h3,7-12,27H,4-6,26H2,1-2H3,(H,28,29,30)/t12-/m1/s1. The van der Waals surface area contributed by atoms with E-state index in [0.717, 1.165) is 30.7 Å². The van der Waals surface area contributed by atoms with E-state index in [1.54, 1.807) is 20.0 Å². The van der Waals surface area contributed by atoms with Gasteiger partial charge in [-0.1, -0.05) is 6.08 Å². The number of nitrogen functional groups attached to an aromatic ring is 1. The van der Waals surface area contributed by atoms with Gasteiger partial charge in [0, 0.05) is 24.8 Å². The number of pyridine rings is 1. The maximum absolute atomic E-state index is 13.2. The summed E-state index contributed by atoms with van der Waals surface area (Å²) in [6.07, 6.45) is -0.476. The van der Waals surface area contributed by atoms with Crippen LogP contribution in [0.25, 0.3) is 16.6 Å². The Labute approximate surface area is 182 Å². The average molecular weight is 444 g/mol. The summed E-state index contributed by atoms with van der Waals surface area (Å²) in [5.41, 5.74) is 7.08. The highest BCUT2D eigenvalue weighted by molar-refractivity contribution is 5.89. The van der Waals surface area contributed by atoms with Crippen molar-refractivity contribution in [1.29, 1.82) is 0 Å². The number of hydrogen-bond donors (Lipinski definition) is 3. The Morgan fingerprint density at radius 3 is 2.69 bits per heavy atom. The normalized spacial score (nSPS) is 15.5. The third-order valence-electron chi connectivity index (χ3n) is 5.57. The minimum atomic E-state index is -4.50. The molecule has 3 heterocycles. The van der Waals surface area contributed by atoms with Gasteiger partial charge in [-0.2, -0.15) is 13.2 Å². The Morgan fingerprint density at radius 2 is 2.00 bits per heavy atom. The van der Waals surface area contributed by atoms with Crippen LogP contribution in [0, 0.1) is 0 Å². The Morgan fingerprint density at radius 1 is 1.22 bits per heavy atom. The lowest BCUT2D eigenvalue weighted by atomic mass is 10.00. The third kappa shape index (κ3) is 4.18. The van der Waals surface area contributed by atoms with E-state index in [4.69, 9.17) is 5.73 Å². The fourth-order valence-corrected chi connectivity index (χ4v) is 3.86. The van der Waals surface area contributed by atoms with Gasteiger partial charge in [0.05, 0.1) is 17.0 Å². The van der Waals surface area contributed by atoms with Crippen molar-refractivity contribution in [1.82, 2.24) is 19.9 Å². The molecular formula is C22H23F3N6O. The van der Waals surface area contributed by atoms with E-state index in [-0.39, 0.29) is 11.2 Å². The molecule has 0 amide bonds. The van der Waals surface area contributed by atoms with Crippen LogP contribution >= 0.6 is 0 Å². The van der Waals surface area contributed by atoms with Crippen LogP contribution in [0.3, 0.4) is 0 Å². The molecule has 4 N–H and O–H groups in total. The van der Waals surface area contributed by atoms with Crippen molar-refractivity contribution in [3.63, 3.8) is 0 Å². The summed E-state index contributed by atoms with van der Waals surface area (Å²) in [5.74, 6) is 0.421. The van der Waals surface area contributed by atoms with Gasteiger partial charge in [-0.05, 0) is 55.3 Å². The number of halogens is 3. The van der Waals surface area contributed by atoms with Crippen molar-refractivity contribution in [3.05, 3.63) is 63.7 Å². The van der Waals surface area contributed by atoms with Crippen molar-refractivity contribution in [2.24, 2.45) is 7.05 Å². The van der Waals surface area contributed by atoms with E-state index in [1.807, 2.05) is 6.08 Å². The van der Waals surface area contributed by atoms with Crippen LogP contribution in [0.1, 0.15) is 36.1 Å². The molecule has 0 radical (unpaired) electrons. The fraction of sp³-hybridized carbons (Fsp3) is 0.318. The zero-order valence-electron chi connectivity index (χ0n) is 17.6. The molecule has 1 aromatic carbocycles. The summed E-state index contributed by atoms with van der Waals surface area (Å²) in [6.45, 7) is 3.18. The van der Waals surface area contributed by atoms with Gasteiger partial charge in [0.15, 0.2) is 0 Å². The molecule has 0 unspecified atom stereocenters. The Bertz CT molecular complexity index is 1260. The van der Waals surface area contributed by atoms with Crippen LogP contribution in [0.4, 0.5) is 24.7 Å². The van der Waals surface area contributed by atoms with Gasteiger partial charge >= 0.3 is 6.18 Å². The summed E-state index contributed by atoms with van der Waals surface area (Å²) < 4.78 is 41.1. The first-order valence-electron chi connectivity index (χ1n) is 10.1. The van der Waals surface area contributed by atoms with Crippen molar-refractivity contribution in [2.45, 2.75) is 25.6 Å². The molecule has 32 heavy (non-hydrogen) atoms. The SMILES string of the molecule is C[C@@H](Nc1ncnc2c1cc(C1=CCNCC1)c(=O)n2C)c1cc(N)cc(C(F)(F)F)c1. The van der Waals surface area contributed by atoms with Crippen LogP contribution in [0.2, 0.25) is 0 Å². The summed E-state index contributed by atoms with van der Waals surface area (Å²) >= 11 is 0. The molecule has 0 saturated heterocycles. The maximum Gasteiger partial charge on any atom is 0.416 e. The first-order chi connectivity index (χ1) is 15.1. The predicted octanol–water partition coefficient (Wildman–Crippen LogP) is 3.48. The molecule has 1 aliphatic heterocycles. The molecule has 3 aromatic rings. The van der Waals surface area contributed by atoms with Gasteiger partial charge in [-0.15, -0.1) is 0 Å². The molecule has 2 aromatic heterocycles. The maximum atomic E-state index is 13.2. The molecular weight excluding hydrogens is 421 g/mol. The van der Waals surface area contributed by atoms with Crippen LogP contribution < -0.4 is 21.9 Å².